The lowest BCUT2D eigenvalue weighted by Gasteiger charge is -2.34. The number of carbonyl (C=O) groups is 3. The van der Waals surface area contributed by atoms with E-state index >= 15 is 0 Å². The minimum absolute atomic E-state index is 0.0125. The van der Waals surface area contributed by atoms with Gasteiger partial charge in [-0.3, -0.25) is 9.59 Å². The van der Waals surface area contributed by atoms with Crippen LogP contribution in [0.2, 0.25) is 0 Å². The van der Waals surface area contributed by atoms with E-state index in [1.807, 2.05) is 72.9 Å². The molecule has 0 rings (SSSR count). The number of hydrogen-bond donors (Lipinski definition) is 0. The number of allylic oxidation sites excluding steroid dienone is 16. The number of likely N-dealkylation sites (N-methyl/N-ethyl adjacent to an activating group) is 1. The lowest BCUT2D eigenvalue weighted by molar-refractivity contribution is -0.889. The van der Waals surface area contributed by atoms with Gasteiger partial charge in [-0.15, -0.1) is 0 Å². The Bertz CT molecular complexity index is 1220. The fourth-order valence-electron chi connectivity index (χ4n) is 5.40. The van der Waals surface area contributed by atoms with Crippen LogP contribution in [0.1, 0.15) is 129 Å². The van der Waals surface area contributed by atoms with Crippen molar-refractivity contribution in [3.63, 3.8) is 0 Å². The molecule has 0 amide bonds. The van der Waals surface area contributed by atoms with Crippen molar-refractivity contribution in [3.05, 3.63) is 97.2 Å². The molecular weight excluding hydrogens is 691 g/mol. The summed E-state index contributed by atoms with van der Waals surface area (Å²) in [5.74, 6) is -1.82. The van der Waals surface area contributed by atoms with Crippen LogP contribution < -0.4 is 5.11 Å². The number of nitrogens with zero attached hydrogens (tertiary/aromatic N) is 1. The van der Waals surface area contributed by atoms with Gasteiger partial charge in [0.25, 0.3) is 0 Å². The zero-order chi connectivity index (χ0) is 40.7. The van der Waals surface area contributed by atoms with Gasteiger partial charge in [0.1, 0.15) is 12.6 Å². The van der Waals surface area contributed by atoms with Crippen LogP contribution in [-0.2, 0) is 28.6 Å². The summed E-state index contributed by atoms with van der Waals surface area (Å²) in [6.45, 7) is 4.40. The minimum Gasteiger partial charge on any atom is -0.544 e. The molecule has 55 heavy (non-hydrogen) atoms. The molecular formula is C47H75NO7. The molecule has 0 aromatic carbocycles. The van der Waals surface area contributed by atoms with Gasteiger partial charge in [0.05, 0.1) is 40.3 Å². The SMILES string of the molecule is CC/C=C/C=C/C=C/C=C/C=C/C=C/C=C/CCCCCC(=O)OC(COCCC(C(=O)[O-])[N+](C)(C)C)COC(=O)CCCCCCC/C=C/CCCCC. The van der Waals surface area contributed by atoms with Crippen LogP contribution >= 0.6 is 0 Å². The lowest BCUT2D eigenvalue weighted by atomic mass is 10.1. The average molecular weight is 766 g/mol. The summed E-state index contributed by atoms with van der Waals surface area (Å²) in [6.07, 6.45) is 48.5. The van der Waals surface area contributed by atoms with Crippen LogP contribution in [0.3, 0.4) is 0 Å². The van der Waals surface area contributed by atoms with Crippen molar-refractivity contribution in [3.8, 4) is 0 Å². The fourth-order valence-corrected chi connectivity index (χ4v) is 5.40. The molecule has 0 aromatic rings. The highest BCUT2D eigenvalue weighted by Gasteiger charge is 2.25. The first-order chi connectivity index (χ1) is 26.6. The number of ether oxygens (including phenoxy) is 3. The highest BCUT2D eigenvalue weighted by Crippen LogP contribution is 2.12. The van der Waals surface area contributed by atoms with E-state index in [-0.39, 0.29) is 49.1 Å². The van der Waals surface area contributed by atoms with Crippen molar-refractivity contribution < 1.29 is 38.2 Å². The Morgan fingerprint density at radius 3 is 1.58 bits per heavy atom. The fraction of sp³-hybridized carbons (Fsp3) is 0.596. The Hall–Kier alpha value is -3.75. The summed E-state index contributed by atoms with van der Waals surface area (Å²) in [6, 6.07) is -0.741. The van der Waals surface area contributed by atoms with Gasteiger partial charge in [-0.05, 0) is 57.8 Å². The van der Waals surface area contributed by atoms with Gasteiger partial charge in [0.2, 0.25) is 0 Å². The van der Waals surface area contributed by atoms with Crippen LogP contribution in [0.5, 0.6) is 0 Å². The van der Waals surface area contributed by atoms with Crippen molar-refractivity contribution in [1.29, 1.82) is 0 Å². The topological polar surface area (TPSA) is 102 Å². The molecule has 0 aliphatic carbocycles. The Kier molecular flexibility index (Phi) is 34.7. The average Bonchev–Trinajstić information content (AvgIpc) is 3.14. The van der Waals surface area contributed by atoms with E-state index in [0.717, 1.165) is 57.8 Å². The predicted molar refractivity (Wildman–Crippen MR) is 226 cm³/mol. The van der Waals surface area contributed by atoms with Gasteiger partial charge >= 0.3 is 11.9 Å². The van der Waals surface area contributed by atoms with Crippen LogP contribution in [0.25, 0.3) is 0 Å². The summed E-state index contributed by atoms with van der Waals surface area (Å²) in [5.41, 5.74) is 0. The summed E-state index contributed by atoms with van der Waals surface area (Å²) < 4.78 is 17.1. The predicted octanol–water partition coefficient (Wildman–Crippen LogP) is 9.79. The number of hydrogen-bond acceptors (Lipinski definition) is 7. The van der Waals surface area contributed by atoms with E-state index in [1.54, 1.807) is 21.1 Å². The minimum atomic E-state index is -1.14. The van der Waals surface area contributed by atoms with Gasteiger partial charge in [0, 0.05) is 19.3 Å². The van der Waals surface area contributed by atoms with Gasteiger partial charge in [-0.1, -0.05) is 150 Å². The number of rotatable bonds is 35. The number of esters is 2. The summed E-state index contributed by atoms with van der Waals surface area (Å²) in [7, 11) is 5.37. The zero-order valence-corrected chi connectivity index (χ0v) is 35.0. The zero-order valence-electron chi connectivity index (χ0n) is 35.0. The van der Waals surface area contributed by atoms with Crippen molar-refractivity contribution in [1.82, 2.24) is 0 Å². The molecule has 0 aromatic heterocycles. The number of carbonyl (C=O) groups excluding carboxylic acids is 3. The highest BCUT2D eigenvalue weighted by atomic mass is 16.6. The smallest absolute Gasteiger partial charge is 0.306 e. The maximum atomic E-state index is 12.7. The molecule has 0 N–H and O–H groups in total. The molecule has 0 saturated carbocycles. The lowest BCUT2D eigenvalue weighted by Crippen LogP contribution is -2.55. The Morgan fingerprint density at radius 1 is 0.564 bits per heavy atom. The van der Waals surface area contributed by atoms with E-state index in [9.17, 15) is 19.5 Å². The van der Waals surface area contributed by atoms with Gasteiger partial charge in [-0.25, -0.2) is 0 Å². The van der Waals surface area contributed by atoms with E-state index in [4.69, 9.17) is 14.2 Å². The number of aliphatic carboxylic acids is 1. The van der Waals surface area contributed by atoms with Crippen LogP contribution in [-0.4, -0.2) is 75.5 Å². The van der Waals surface area contributed by atoms with Crippen molar-refractivity contribution in [2.75, 3.05) is 41.0 Å². The molecule has 2 unspecified atom stereocenters. The van der Waals surface area contributed by atoms with Crippen LogP contribution in [0, 0.1) is 0 Å². The number of unbranched alkanes of at least 4 members (excludes halogenated alkanes) is 11. The Labute approximate surface area is 335 Å². The van der Waals surface area contributed by atoms with E-state index < -0.39 is 18.1 Å². The monoisotopic (exact) mass is 766 g/mol. The molecule has 310 valence electrons. The molecule has 0 heterocycles. The number of carboxylic acids is 1. The third kappa shape index (κ3) is 35.7. The maximum absolute atomic E-state index is 12.7. The number of quaternary nitrogens is 1. The maximum Gasteiger partial charge on any atom is 0.306 e. The molecule has 0 aliphatic heterocycles. The van der Waals surface area contributed by atoms with E-state index in [1.165, 1.54) is 32.1 Å². The summed E-state index contributed by atoms with van der Waals surface area (Å²) in [4.78, 5) is 36.8. The van der Waals surface area contributed by atoms with Crippen LogP contribution in [0.15, 0.2) is 97.2 Å². The standard InChI is InChI=1S/C47H75NO7/c1-6-8-10-12-14-16-18-20-21-22-23-24-25-26-28-30-32-34-36-38-46(50)55-43(41-53-40-39-44(47(51)52)48(3,4)5)42-54-45(49)37-35-33-31-29-27-19-17-15-13-11-9-7-2/h8,10,12,14-18,20-26,28,43-44H,6-7,9,11,13,19,27,29-42H2,1-5H3/b10-8+,14-12+,17-15+,18-16+,21-20+,23-22+,25-24+,28-26+. The molecule has 0 bridgehead atoms. The molecule has 0 saturated heterocycles. The summed E-state index contributed by atoms with van der Waals surface area (Å²) >= 11 is 0. The van der Waals surface area contributed by atoms with Crippen molar-refractivity contribution >= 4 is 17.9 Å². The third-order valence-electron chi connectivity index (χ3n) is 8.65. The van der Waals surface area contributed by atoms with Gasteiger partial charge in [-0.2, -0.15) is 0 Å². The molecule has 8 heteroatoms. The highest BCUT2D eigenvalue weighted by molar-refractivity contribution is 5.70. The third-order valence-corrected chi connectivity index (χ3v) is 8.65. The molecule has 0 radical (unpaired) electrons. The number of carboxylic acid groups (broad SMARTS) is 1. The van der Waals surface area contributed by atoms with Crippen LogP contribution in [0.4, 0.5) is 0 Å². The van der Waals surface area contributed by atoms with Gasteiger partial charge in [0.15, 0.2) is 6.10 Å². The first kappa shape index (κ1) is 51.2. The van der Waals surface area contributed by atoms with E-state index in [0.29, 0.717) is 12.8 Å². The first-order valence-corrected chi connectivity index (χ1v) is 20.9. The van der Waals surface area contributed by atoms with Gasteiger partial charge < -0.3 is 28.6 Å². The largest absolute Gasteiger partial charge is 0.544 e. The molecule has 8 nitrogen and oxygen atoms in total. The Balaban J connectivity index is 4.54. The second-order valence-electron chi connectivity index (χ2n) is 14.7. The van der Waals surface area contributed by atoms with E-state index in [2.05, 4.69) is 38.2 Å². The second kappa shape index (κ2) is 37.2. The van der Waals surface area contributed by atoms with Crippen molar-refractivity contribution in [2.24, 2.45) is 0 Å². The molecule has 0 aliphatic rings. The molecule has 2 atom stereocenters. The Morgan fingerprint density at radius 2 is 1.04 bits per heavy atom. The normalized spacial score (nSPS) is 14.0. The molecule has 0 fully saturated rings. The van der Waals surface area contributed by atoms with Crippen molar-refractivity contribution in [2.45, 2.75) is 142 Å². The first-order valence-electron chi connectivity index (χ1n) is 20.9. The quantitative estimate of drug-likeness (QED) is 0.0208. The second-order valence-corrected chi connectivity index (χ2v) is 14.7. The molecule has 0 spiro atoms. The summed E-state index contributed by atoms with van der Waals surface area (Å²) in [5, 5.41) is 11.6.